The van der Waals surface area contributed by atoms with Gasteiger partial charge in [0.2, 0.25) is 0 Å². The van der Waals surface area contributed by atoms with Crippen LogP contribution in [-0.4, -0.2) is 32.5 Å². The lowest BCUT2D eigenvalue weighted by Crippen LogP contribution is -2.15. The number of hydrogen-bond donors (Lipinski definition) is 1. The molecule has 3 aromatic rings. The predicted molar refractivity (Wildman–Crippen MR) is 95.8 cm³/mol. The zero-order valence-corrected chi connectivity index (χ0v) is 14.0. The number of ether oxygens (including phenoxy) is 1. The first kappa shape index (κ1) is 15.8. The summed E-state index contributed by atoms with van der Waals surface area (Å²) in [5.41, 5.74) is 2.12. The highest BCUT2D eigenvalue weighted by atomic mass is 16.5. The third kappa shape index (κ3) is 4.22. The lowest BCUT2D eigenvalue weighted by Gasteiger charge is -2.08. The van der Waals surface area contributed by atoms with Crippen LogP contribution in [0.1, 0.15) is 24.2 Å². The minimum Gasteiger partial charge on any atom is -0.376 e. The SMILES string of the molecule is c1ccc(Cc2nccc(Nc3cnn(CC4CCCO4)c3)n2)cc1. The molecule has 3 heterocycles. The monoisotopic (exact) mass is 335 g/mol. The van der Waals surface area contributed by atoms with Crippen molar-refractivity contribution in [3.63, 3.8) is 0 Å². The van der Waals surface area contributed by atoms with Gasteiger partial charge in [0, 0.05) is 25.4 Å². The van der Waals surface area contributed by atoms with Crippen LogP contribution < -0.4 is 5.32 Å². The van der Waals surface area contributed by atoms with E-state index in [0.717, 1.165) is 43.3 Å². The fourth-order valence-corrected chi connectivity index (χ4v) is 3.01. The quantitative estimate of drug-likeness (QED) is 0.749. The Balaban J connectivity index is 1.40. The summed E-state index contributed by atoms with van der Waals surface area (Å²) in [6.45, 7) is 1.66. The van der Waals surface area contributed by atoms with Gasteiger partial charge in [-0.25, -0.2) is 9.97 Å². The Hall–Kier alpha value is -2.73. The number of hydrogen-bond acceptors (Lipinski definition) is 5. The van der Waals surface area contributed by atoms with Crippen molar-refractivity contribution in [3.05, 3.63) is 66.4 Å². The first-order valence-corrected chi connectivity index (χ1v) is 8.62. The molecule has 2 aromatic heterocycles. The van der Waals surface area contributed by atoms with E-state index in [9.17, 15) is 0 Å². The van der Waals surface area contributed by atoms with Gasteiger partial charge in [-0.2, -0.15) is 5.10 Å². The molecule has 1 fully saturated rings. The van der Waals surface area contributed by atoms with E-state index in [1.54, 1.807) is 6.20 Å². The second-order valence-corrected chi connectivity index (χ2v) is 6.23. The Kier molecular flexibility index (Phi) is 4.70. The van der Waals surface area contributed by atoms with Gasteiger partial charge < -0.3 is 10.1 Å². The second kappa shape index (κ2) is 7.44. The Bertz CT molecular complexity index is 811. The van der Waals surface area contributed by atoms with Gasteiger partial charge in [-0.15, -0.1) is 0 Å². The molecule has 0 radical (unpaired) electrons. The third-order valence-electron chi connectivity index (χ3n) is 4.23. The van der Waals surface area contributed by atoms with Crippen LogP contribution in [0.25, 0.3) is 0 Å². The van der Waals surface area contributed by atoms with Crippen molar-refractivity contribution >= 4 is 11.5 Å². The summed E-state index contributed by atoms with van der Waals surface area (Å²) in [5, 5.41) is 7.70. The van der Waals surface area contributed by atoms with E-state index >= 15 is 0 Å². The average Bonchev–Trinajstić information content (AvgIpc) is 3.29. The van der Waals surface area contributed by atoms with Gasteiger partial charge in [0.05, 0.1) is 24.5 Å². The van der Waals surface area contributed by atoms with E-state index in [-0.39, 0.29) is 6.10 Å². The van der Waals surface area contributed by atoms with Crippen molar-refractivity contribution < 1.29 is 4.74 Å². The Labute approximate surface area is 146 Å². The molecule has 0 saturated carbocycles. The summed E-state index contributed by atoms with van der Waals surface area (Å²) in [5.74, 6) is 1.57. The predicted octanol–water partition coefficient (Wildman–Crippen LogP) is 3.19. The molecule has 1 saturated heterocycles. The van der Waals surface area contributed by atoms with Crippen LogP contribution in [0.5, 0.6) is 0 Å². The topological polar surface area (TPSA) is 64.9 Å². The van der Waals surface area contributed by atoms with E-state index in [1.807, 2.05) is 41.3 Å². The normalized spacial score (nSPS) is 16.9. The molecule has 1 aromatic carbocycles. The van der Waals surface area contributed by atoms with Gasteiger partial charge in [-0.3, -0.25) is 4.68 Å². The van der Waals surface area contributed by atoms with Crippen molar-refractivity contribution in [2.24, 2.45) is 0 Å². The molecule has 4 rings (SSSR count). The molecule has 1 aliphatic heterocycles. The molecule has 6 nitrogen and oxygen atoms in total. The molecule has 128 valence electrons. The van der Waals surface area contributed by atoms with Gasteiger partial charge >= 0.3 is 0 Å². The molecule has 1 unspecified atom stereocenters. The fourth-order valence-electron chi connectivity index (χ4n) is 3.01. The highest BCUT2D eigenvalue weighted by Crippen LogP contribution is 2.17. The number of benzene rings is 1. The van der Waals surface area contributed by atoms with Gasteiger partial charge in [-0.05, 0) is 24.5 Å². The summed E-state index contributed by atoms with van der Waals surface area (Å²) in [4.78, 5) is 8.95. The van der Waals surface area contributed by atoms with Crippen molar-refractivity contribution in [2.75, 3.05) is 11.9 Å². The molecule has 1 N–H and O–H groups in total. The number of anilines is 2. The van der Waals surface area contributed by atoms with E-state index in [2.05, 4.69) is 32.5 Å². The summed E-state index contributed by atoms with van der Waals surface area (Å²) in [7, 11) is 0. The summed E-state index contributed by atoms with van der Waals surface area (Å²) >= 11 is 0. The van der Waals surface area contributed by atoms with Gasteiger partial charge in [0.15, 0.2) is 0 Å². The van der Waals surface area contributed by atoms with Crippen LogP contribution in [0.3, 0.4) is 0 Å². The highest BCUT2D eigenvalue weighted by Gasteiger charge is 2.16. The maximum Gasteiger partial charge on any atom is 0.135 e. The Morgan fingerprint density at radius 1 is 1.20 bits per heavy atom. The molecule has 1 aliphatic rings. The first-order chi connectivity index (χ1) is 12.3. The second-order valence-electron chi connectivity index (χ2n) is 6.23. The molecule has 0 bridgehead atoms. The van der Waals surface area contributed by atoms with E-state index in [4.69, 9.17) is 4.74 Å². The van der Waals surface area contributed by atoms with Gasteiger partial charge in [-0.1, -0.05) is 30.3 Å². The first-order valence-electron chi connectivity index (χ1n) is 8.62. The fraction of sp³-hybridized carbons (Fsp3) is 0.316. The van der Waals surface area contributed by atoms with E-state index in [0.29, 0.717) is 6.42 Å². The molecule has 0 aliphatic carbocycles. The number of nitrogens with one attached hydrogen (secondary N) is 1. The van der Waals surface area contributed by atoms with Crippen molar-refractivity contribution in [1.29, 1.82) is 0 Å². The number of nitrogens with zero attached hydrogens (tertiary/aromatic N) is 4. The Morgan fingerprint density at radius 2 is 2.12 bits per heavy atom. The van der Waals surface area contributed by atoms with Crippen LogP contribution in [0.15, 0.2) is 55.0 Å². The van der Waals surface area contributed by atoms with Crippen molar-refractivity contribution in [1.82, 2.24) is 19.7 Å². The van der Waals surface area contributed by atoms with Crippen LogP contribution in [0.4, 0.5) is 11.5 Å². The lowest BCUT2D eigenvalue weighted by molar-refractivity contribution is 0.0940. The number of rotatable bonds is 6. The third-order valence-corrected chi connectivity index (χ3v) is 4.23. The van der Waals surface area contributed by atoms with Gasteiger partial charge in [0.1, 0.15) is 11.6 Å². The summed E-state index contributed by atoms with van der Waals surface area (Å²) in [6, 6.07) is 12.1. The van der Waals surface area contributed by atoms with Crippen LogP contribution in [0, 0.1) is 0 Å². The minimum atomic E-state index is 0.282. The van der Waals surface area contributed by atoms with Gasteiger partial charge in [0.25, 0.3) is 0 Å². The largest absolute Gasteiger partial charge is 0.376 e. The van der Waals surface area contributed by atoms with Crippen LogP contribution in [0.2, 0.25) is 0 Å². The maximum absolute atomic E-state index is 5.65. The average molecular weight is 335 g/mol. The molecule has 25 heavy (non-hydrogen) atoms. The smallest absolute Gasteiger partial charge is 0.135 e. The number of aromatic nitrogens is 4. The Morgan fingerprint density at radius 3 is 2.96 bits per heavy atom. The molecule has 6 heteroatoms. The standard InChI is InChI=1S/C19H21N5O/c1-2-5-15(6-3-1)11-19-20-9-8-18(23-19)22-16-12-21-24(13-16)14-17-7-4-10-25-17/h1-3,5-6,8-9,12-13,17H,4,7,10-11,14H2,(H,20,22,23). The molecule has 0 spiro atoms. The highest BCUT2D eigenvalue weighted by molar-refractivity contribution is 5.53. The van der Waals surface area contributed by atoms with E-state index in [1.165, 1.54) is 5.56 Å². The maximum atomic E-state index is 5.65. The van der Waals surface area contributed by atoms with Crippen molar-refractivity contribution in [2.45, 2.75) is 31.9 Å². The molecule has 1 atom stereocenters. The van der Waals surface area contributed by atoms with E-state index < -0.39 is 0 Å². The molecular formula is C19H21N5O. The molecular weight excluding hydrogens is 314 g/mol. The lowest BCUT2D eigenvalue weighted by atomic mass is 10.1. The molecule has 0 amide bonds. The zero-order chi connectivity index (χ0) is 16.9. The minimum absolute atomic E-state index is 0.282. The van der Waals surface area contributed by atoms with Crippen molar-refractivity contribution in [3.8, 4) is 0 Å². The summed E-state index contributed by atoms with van der Waals surface area (Å²) in [6.07, 6.45) is 8.83. The zero-order valence-electron chi connectivity index (χ0n) is 14.0. The van der Waals surface area contributed by atoms with Crippen LogP contribution in [-0.2, 0) is 17.7 Å². The summed E-state index contributed by atoms with van der Waals surface area (Å²) < 4.78 is 7.58. The van der Waals surface area contributed by atoms with Crippen LogP contribution >= 0.6 is 0 Å².